The molecule has 29 heavy (non-hydrogen) atoms. The summed E-state index contributed by atoms with van der Waals surface area (Å²) in [5.41, 5.74) is 4.10. The molecule has 4 nitrogen and oxygen atoms in total. The lowest BCUT2D eigenvalue weighted by Gasteiger charge is -2.37. The van der Waals surface area contributed by atoms with E-state index in [4.69, 9.17) is 0 Å². The molecule has 1 aromatic carbocycles. The third-order valence-electron chi connectivity index (χ3n) is 7.59. The molecule has 0 radical (unpaired) electrons. The Morgan fingerprint density at radius 3 is 2.45 bits per heavy atom. The summed E-state index contributed by atoms with van der Waals surface area (Å²) in [7, 11) is 0. The number of carbonyl (C=O) groups is 1. The number of rotatable bonds is 6. The maximum Gasteiger partial charge on any atom is 0.223 e. The number of carbonyl (C=O) groups excluding carboxylic acids is 1. The fraction of sp³-hybridized carbons (Fsp3) is 0.720. The van der Waals surface area contributed by atoms with Crippen LogP contribution in [0.5, 0.6) is 0 Å². The minimum Gasteiger partial charge on any atom is -0.369 e. The lowest BCUT2D eigenvalue weighted by Crippen LogP contribution is -2.47. The topological polar surface area (TPSA) is 35.6 Å². The Balaban J connectivity index is 1.18. The Bertz CT molecular complexity index is 702. The Hall–Kier alpha value is -1.55. The highest BCUT2D eigenvalue weighted by Gasteiger charge is 2.44. The fourth-order valence-electron chi connectivity index (χ4n) is 5.46. The van der Waals surface area contributed by atoms with Crippen LogP contribution in [0.4, 0.5) is 5.69 Å². The third-order valence-corrected chi connectivity index (χ3v) is 7.59. The van der Waals surface area contributed by atoms with Crippen LogP contribution >= 0.6 is 0 Å². The van der Waals surface area contributed by atoms with Crippen LogP contribution in [-0.2, 0) is 4.79 Å². The zero-order valence-corrected chi connectivity index (χ0v) is 18.6. The number of hydrogen-bond acceptors (Lipinski definition) is 3. The molecule has 1 N–H and O–H groups in total. The molecule has 4 heteroatoms. The van der Waals surface area contributed by atoms with Crippen molar-refractivity contribution >= 4 is 11.6 Å². The average molecular weight is 398 g/mol. The second-order valence-electron chi connectivity index (χ2n) is 9.81. The normalized spacial score (nSPS) is 30.2. The Kier molecular flexibility index (Phi) is 6.48. The maximum atomic E-state index is 12.6. The minimum atomic E-state index is 0.274. The number of piperazine rings is 1. The number of aryl methyl sites for hydroxylation is 2. The highest BCUT2D eigenvalue weighted by molar-refractivity contribution is 5.81. The molecular weight excluding hydrogens is 358 g/mol. The van der Waals surface area contributed by atoms with Crippen molar-refractivity contribution in [2.75, 3.05) is 37.6 Å². The number of benzene rings is 1. The zero-order chi connectivity index (χ0) is 20.4. The van der Waals surface area contributed by atoms with Crippen LogP contribution in [0.2, 0.25) is 0 Å². The fourth-order valence-corrected chi connectivity index (χ4v) is 5.46. The van der Waals surface area contributed by atoms with E-state index < -0.39 is 0 Å². The van der Waals surface area contributed by atoms with E-state index in [-0.39, 0.29) is 5.92 Å². The van der Waals surface area contributed by atoms with Crippen molar-refractivity contribution < 1.29 is 4.79 Å². The van der Waals surface area contributed by atoms with Gasteiger partial charge in [0.2, 0.25) is 5.91 Å². The molecule has 1 heterocycles. The molecule has 2 aliphatic carbocycles. The van der Waals surface area contributed by atoms with Crippen LogP contribution in [0.1, 0.15) is 56.6 Å². The standard InChI is InChI=1S/C25H39N3O/c1-4-20-6-8-22(9-7-20)26-25(29)23-16-21(23)17-27-11-13-28(14-12-27)24-10-5-18(2)15-19(24)3/h5,10,15,20-23H,4,6-9,11-14,16-17H2,1-3H3,(H,26,29)/t20?,21?,22?,23-/m0/s1. The molecule has 0 aromatic heterocycles. The van der Waals surface area contributed by atoms with E-state index in [2.05, 4.69) is 54.1 Å². The molecule has 1 unspecified atom stereocenters. The van der Waals surface area contributed by atoms with Gasteiger partial charge in [-0.05, 0) is 69.4 Å². The molecular formula is C25H39N3O. The van der Waals surface area contributed by atoms with Gasteiger partial charge in [0.15, 0.2) is 0 Å². The number of anilines is 1. The summed E-state index contributed by atoms with van der Waals surface area (Å²) in [5.74, 6) is 2.08. The maximum absolute atomic E-state index is 12.6. The first-order valence-corrected chi connectivity index (χ1v) is 11.9. The van der Waals surface area contributed by atoms with Crippen molar-refractivity contribution in [1.29, 1.82) is 0 Å². The molecule has 4 rings (SSSR count). The number of nitrogens with zero attached hydrogens (tertiary/aromatic N) is 2. The summed E-state index contributed by atoms with van der Waals surface area (Å²) in [6.45, 7) is 12.2. The van der Waals surface area contributed by atoms with Gasteiger partial charge in [-0.1, -0.05) is 31.0 Å². The molecule has 2 atom stereocenters. The Morgan fingerprint density at radius 2 is 1.79 bits per heavy atom. The molecule has 1 aliphatic heterocycles. The molecule has 160 valence electrons. The molecule has 0 spiro atoms. The van der Waals surface area contributed by atoms with E-state index in [1.54, 1.807) is 0 Å². The average Bonchev–Trinajstić information content (AvgIpc) is 3.49. The van der Waals surface area contributed by atoms with Crippen molar-refractivity contribution in [2.45, 2.75) is 65.3 Å². The van der Waals surface area contributed by atoms with Crippen LogP contribution in [0.15, 0.2) is 18.2 Å². The molecule has 0 bridgehead atoms. The molecule has 2 saturated carbocycles. The van der Waals surface area contributed by atoms with E-state index in [0.717, 1.165) is 45.1 Å². The van der Waals surface area contributed by atoms with Crippen LogP contribution in [0.25, 0.3) is 0 Å². The van der Waals surface area contributed by atoms with E-state index >= 15 is 0 Å². The molecule has 3 aliphatic rings. The van der Waals surface area contributed by atoms with Gasteiger partial charge in [-0.2, -0.15) is 0 Å². The number of hydrogen-bond donors (Lipinski definition) is 1. The van der Waals surface area contributed by atoms with Gasteiger partial charge in [-0.25, -0.2) is 0 Å². The monoisotopic (exact) mass is 397 g/mol. The van der Waals surface area contributed by atoms with E-state index in [1.165, 1.54) is 48.9 Å². The van der Waals surface area contributed by atoms with Crippen molar-refractivity contribution in [3.8, 4) is 0 Å². The van der Waals surface area contributed by atoms with Crippen molar-refractivity contribution in [1.82, 2.24) is 10.2 Å². The van der Waals surface area contributed by atoms with Gasteiger partial charge in [0.05, 0.1) is 0 Å². The van der Waals surface area contributed by atoms with Gasteiger partial charge in [0.1, 0.15) is 0 Å². The number of nitrogens with one attached hydrogen (secondary N) is 1. The van der Waals surface area contributed by atoms with Gasteiger partial charge in [-0.15, -0.1) is 0 Å². The molecule has 3 fully saturated rings. The highest BCUT2D eigenvalue weighted by Crippen LogP contribution is 2.40. The van der Waals surface area contributed by atoms with Crippen LogP contribution in [0.3, 0.4) is 0 Å². The molecule has 1 amide bonds. The van der Waals surface area contributed by atoms with Gasteiger partial charge in [0, 0.05) is 50.4 Å². The third kappa shape index (κ3) is 5.14. The van der Waals surface area contributed by atoms with Crippen molar-refractivity contribution in [3.05, 3.63) is 29.3 Å². The summed E-state index contributed by atoms with van der Waals surface area (Å²) < 4.78 is 0. The van der Waals surface area contributed by atoms with Gasteiger partial charge in [-0.3, -0.25) is 9.69 Å². The van der Waals surface area contributed by atoms with Gasteiger partial charge < -0.3 is 10.2 Å². The minimum absolute atomic E-state index is 0.274. The number of amides is 1. The smallest absolute Gasteiger partial charge is 0.223 e. The van der Waals surface area contributed by atoms with Gasteiger partial charge in [0.25, 0.3) is 0 Å². The summed E-state index contributed by atoms with van der Waals surface area (Å²) in [6.07, 6.45) is 7.33. The SMILES string of the molecule is CCC1CCC(NC(=O)[C@H]2CC2CN2CCN(c3ccc(C)cc3C)CC2)CC1. The summed E-state index contributed by atoms with van der Waals surface area (Å²) in [4.78, 5) is 17.7. The largest absolute Gasteiger partial charge is 0.369 e. The predicted octanol–water partition coefficient (Wildman–Crippen LogP) is 4.15. The van der Waals surface area contributed by atoms with E-state index in [1.807, 2.05) is 0 Å². The lowest BCUT2D eigenvalue weighted by atomic mass is 9.84. The highest BCUT2D eigenvalue weighted by atomic mass is 16.2. The van der Waals surface area contributed by atoms with Crippen molar-refractivity contribution in [3.63, 3.8) is 0 Å². The predicted molar refractivity (Wildman–Crippen MR) is 120 cm³/mol. The van der Waals surface area contributed by atoms with Gasteiger partial charge >= 0.3 is 0 Å². The summed E-state index contributed by atoms with van der Waals surface area (Å²) >= 11 is 0. The lowest BCUT2D eigenvalue weighted by molar-refractivity contribution is -0.123. The Labute approximate surface area is 177 Å². The zero-order valence-electron chi connectivity index (χ0n) is 18.6. The second kappa shape index (κ2) is 9.07. The molecule has 1 saturated heterocycles. The Morgan fingerprint density at radius 1 is 1.07 bits per heavy atom. The summed E-state index contributed by atoms with van der Waals surface area (Å²) in [5, 5.41) is 3.37. The first-order chi connectivity index (χ1) is 14.0. The van der Waals surface area contributed by atoms with E-state index in [0.29, 0.717) is 17.9 Å². The molecule has 1 aromatic rings. The van der Waals surface area contributed by atoms with Crippen LogP contribution in [0, 0.1) is 31.6 Å². The first-order valence-electron chi connectivity index (χ1n) is 11.9. The first kappa shape index (κ1) is 20.7. The van der Waals surface area contributed by atoms with Crippen LogP contribution < -0.4 is 10.2 Å². The quantitative estimate of drug-likeness (QED) is 0.783. The summed E-state index contributed by atoms with van der Waals surface area (Å²) in [6, 6.07) is 7.21. The van der Waals surface area contributed by atoms with E-state index in [9.17, 15) is 4.79 Å². The van der Waals surface area contributed by atoms with Crippen molar-refractivity contribution in [2.24, 2.45) is 17.8 Å². The van der Waals surface area contributed by atoms with Crippen LogP contribution in [-0.4, -0.2) is 49.6 Å². The second-order valence-corrected chi connectivity index (χ2v) is 9.81.